The second-order valence-corrected chi connectivity index (χ2v) is 20.0. The van der Waals surface area contributed by atoms with Gasteiger partial charge in [-0.15, -0.1) is 0 Å². The molecule has 0 bridgehead atoms. The second-order valence-electron chi connectivity index (χ2n) is 20.0. The number of piperidine rings is 1. The molecule has 9 rings (SSSR count). The van der Waals surface area contributed by atoms with Crippen LogP contribution in [-0.2, 0) is 19.1 Å². The Morgan fingerprint density at radius 2 is 1.08 bits per heavy atom. The summed E-state index contributed by atoms with van der Waals surface area (Å²) in [4.78, 5) is 75.1. The van der Waals surface area contributed by atoms with Gasteiger partial charge >= 0.3 is 12.2 Å². The monoisotopic (exact) mass is 986 g/mol. The van der Waals surface area contributed by atoms with Crippen molar-refractivity contribution in [1.29, 1.82) is 0 Å². The molecule has 2 unspecified atom stereocenters. The number of carbonyl (C=O) groups is 4. The third-order valence-electron chi connectivity index (χ3n) is 14.7. The lowest BCUT2D eigenvalue weighted by atomic mass is 10.0. The number of ether oxygens (including phenoxy) is 2. The molecule has 2 aromatic heterocycles. The van der Waals surface area contributed by atoms with Crippen LogP contribution in [0.25, 0.3) is 22.1 Å². The van der Waals surface area contributed by atoms with Gasteiger partial charge in [0.25, 0.3) is 0 Å². The third kappa shape index (κ3) is 9.77. The number of hydrogen-bond acceptors (Lipinski definition) is 10. The fraction of sp³-hybridized carbons (Fsp3) is 0.529. The van der Waals surface area contributed by atoms with E-state index in [1.807, 2.05) is 41.3 Å². The maximum Gasteiger partial charge on any atom is 0.407 e. The summed E-state index contributed by atoms with van der Waals surface area (Å²) < 4.78 is 72.7. The molecule has 16 nitrogen and oxygen atoms in total. The SMILES string of the molecule is COC(=O)N[C@H](C(=O)N1C[C@H](F)CC1c1nc2ccc([C@H]3CC[C@H](c4ccc5nc(C6C[C@@H](F)CN6C(=O)[C@@H](NC(=O)OC)C(C)C)[nH]c5c4)N3c3cc(F)c(N4CCCCC4)c(F)c3)cc2[nH]1)C(C)C. The number of amides is 4. The van der Waals surface area contributed by atoms with E-state index in [4.69, 9.17) is 19.4 Å². The van der Waals surface area contributed by atoms with Gasteiger partial charge in [-0.1, -0.05) is 39.8 Å². The summed E-state index contributed by atoms with van der Waals surface area (Å²) in [6.45, 7) is 7.91. The maximum atomic E-state index is 16.4. The highest BCUT2D eigenvalue weighted by Crippen LogP contribution is 2.49. The molecule has 0 spiro atoms. The Bertz CT molecular complexity index is 2620. The van der Waals surface area contributed by atoms with Crippen molar-refractivity contribution in [2.24, 2.45) is 11.8 Å². The summed E-state index contributed by atoms with van der Waals surface area (Å²) in [6.07, 6.45) is -0.296. The standard InChI is InChI=1S/C51H62F4N10O6/c1-26(2)43(60-50(68)70-5)48(66)63-24-30(52)20-41(63)46-56-35-12-10-28(18-37(35)58-46)39-14-15-40(65(39)32-22-33(54)45(34(55)23-32)62-16-8-7-9-17-62)29-11-13-36-38(19-29)59-47(57-36)42-21-31(53)25-64(42)49(67)44(27(3)4)61-51(69)71-6/h10-13,18-19,22-23,26-27,30-31,39-44H,7-9,14-17,20-21,24-25H2,1-6H3,(H,56,58)(H,57,59)(H,60,68)(H,61,69)/t30-,31-,39-,40-,41?,42?,43+,44+/m1/s1. The molecule has 3 aromatic carbocycles. The number of nitrogens with zero attached hydrogens (tertiary/aromatic N) is 6. The van der Waals surface area contributed by atoms with E-state index >= 15 is 17.6 Å². The Labute approximate surface area is 409 Å². The summed E-state index contributed by atoms with van der Waals surface area (Å²) in [7, 11) is 2.41. The normalized spacial score (nSPS) is 23.5. The van der Waals surface area contributed by atoms with Gasteiger partial charge in [-0.05, 0) is 91.5 Å². The lowest BCUT2D eigenvalue weighted by Crippen LogP contribution is -2.51. The summed E-state index contributed by atoms with van der Waals surface area (Å²) in [5.74, 6) is -2.05. The van der Waals surface area contributed by atoms with E-state index in [9.17, 15) is 19.2 Å². The molecule has 0 aliphatic carbocycles. The van der Waals surface area contributed by atoms with Gasteiger partial charge in [0.2, 0.25) is 11.8 Å². The number of alkyl carbamates (subject to hydrolysis) is 2. The van der Waals surface area contributed by atoms with Gasteiger partial charge < -0.3 is 49.7 Å². The van der Waals surface area contributed by atoms with Crippen molar-refractivity contribution in [3.05, 3.63) is 82.9 Å². The lowest BCUT2D eigenvalue weighted by Gasteiger charge is -2.35. The number of nitrogens with one attached hydrogen (secondary N) is 4. The quantitative estimate of drug-likeness (QED) is 0.0883. The summed E-state index contributed by atoms with van der Waals surface area (Å²) in [5, 5.41) is 5.18. The minimum absolute atomic E-state index is 0.00674. The number of anilines is 2. The average molecular weight is 987 g/mol. The second kappa shape index (κ2) is 20.3. The van der Waals surface area contributed by atoms with Crippen LogP contribution in [0.15, 0.2) is 48.5 Å². The number of methoxy groups -OCH3 is 2. The summed E-state index contributed by atoms with van der Waals surface area (Å²) >= 11 is 0. The number of hydrogen-bond donors (Lipinski definition) is 4. The van der Waals surface area contributed by atoms with Crippen LogP contribution in [0.1, 0.15) is 120 Å². The molecule has 8 atom stereocenters. The predicted molar refractivity (Wildman–Crippen MR) is 258 cm³/mol. The van der Waals surface area contributed by atoms with E-state index in [1.54, 1.807) is 32.6 Å². The minimum atomic E-state index is -1.32. The highest BCUT2D eigenvalue weighted by Gasteiger charge is 2.44. The van der Waals surface area contributed by atoms with Crippen LogP contribution in [0, 0.1) is 23.5 Å². The van der Waals surface area contributed by atoms with Gasteiger partial charge in [0.05, 0.1) is 73.5 Å². The molecule has 5 aromatic rings. The van der Waals surface area contributed by atoms with Crippen LogP contribution in [0.2, 0.25) is 0 Å². The molecule has 4 aliphatic heterocycles. The number of halogens is 4. The van der Waals surface area contributed by atoms with Crippen molar-refractivity contribution >= 4 is 57.4 Å². The molecule has 4 fully saturated rings. The van der Waals surface area contributed by atoms with Gasteiger partial charge in [0.1, 0.15) is 41.8 Å². The highest BCUT2D eigenvalue weighted by molar-refractivity contribution is 5.88. The van der Waals surface area contributed by atoms with Crippen molar-refractivity contribution < 1.29 is 46.2 Å². The maximum absolute atomic E-state index is 16.4. The number of alkyl halides is 2. The van der Waals surface area contributed by atoms with Crippen LogP contribution < -0.4 is 20.4 Å². The van der Waals surface area contributed by atoms with Crippen LogP contribution in [0.4, 0.5) is 38.5 Å². The molecular formula is C51H62F4N10O6. The molecule has 4 amide bonds. The topological polar surface area (TPSA) is 181 Å². The van der Waals surface area contributed by atoms with E-state index in [1.165, 1.54) is 36.2 Å². The molecular weight excluding hydrogens is 925 g/mol. The van der Waals surface area contributed by atoms with E-state index < -0.39 is 72.1 Å². The van der Waals surface area contributed by atoms with Gasteiger partial charge in [-0.2, -0.15) is 0 Å². The van der Waals surface area contributed by atoms with Crippen molar-refractivity contribution in [2.75, 3.05) is 50.2 Å². The molecule has 0 radical (unpaired) electrons. The molecule has 4 aliphatic rings. The van der Waals surface area contributed by atoms with E-state index in [0.29, 0.717) is 65.3 Å². The summed E-state index contributed by atoms with van der Waals surface area (Å²) in [5.41, 5.74) is 4.40. The molecule has 20 heteroatoms. The number of imidazole rings is 2. The zero-order chi connectivity index (χ0) is 50.4. The number of aromatic nitrogens is 4. The Morgan fingerprint density at radius 1 is 0.648 bits per heavy atom. The average Bonchev–Trinajstić information content (AvgIpc) is 4.20. The number of benzene rings is 3. The first-order valence-corrected chi connectivity index (χ1v) is 24.6. The Balaban J connectivity index is 1.05. The Kier molecular flexibility index (Phi) is 14.1. The number of fused-ring (bicyclic) bond motifs is 2. The van der Waals surface area contributed by atoms with E-state index in [2.05, 4.69) is 20.6 Å². The summed E-state index contributed by atoms with van der Waals surface area (Å²) in [6, 6.07) is 10.1. The lowest BCUT2D eigenvalue weighted by molar-refractivity contribution is -0.136. The predicted octanol–water partition coefficient (Wildman–Crippen LogP) is 8.77. The number of carbonyl (C=O) groups excluding carboxylic acids is 4. The first-order chi connectivity index (χ1) is 34.0. The van der Waals surface area contributed by atoms with Crippen molar-refractivity contribution in [2.45, 2.75) is 121 Å². The molecule has 6 heterocycles. The van der Waals surface area contributed by atoms with Crippen molar-refractivity contribution in [3.63, 3.8) is 0 Å². The number of aromatic amines is 2. The van der Waals surface area contributed by atoms with Gasteiger partial charge in [0, 0.05) is 31.6 Å². The molecule has 4 N–H and O–H groups in total. The van der Waals surface area contributed by atoms with Gasteiger partial charge in [-0.25, -0.2) is 37.1 Å². The largest absolute Gasteiger partial charge is 0.453 e. The molecule has 4 saturated heterocycles. The molecule has 380 valence electrons. The van der Waals surface area contributed by atoms with Crippen molar-refractivity contribution in [1.82, 2.24) is 40.4 Å². The number of H-pyrrole nitrogens is 2. The fourth-order valence-electron chi connectivity index (χ4n) is 11.1. The molecule has 0 saturated carbocycles. The first kappa shape index (κ1) is 49.4. The Morgan fingerprint density at radius 3 is 1.49 bits per heavy atom. The van der Waals surface area contributed by atoms with Crippen molar-refractivity contribution in [3.8, 4) is 0 Å². The fourth-order valence-corrected chi connectivity index (χ4v) is 11.1. The number of likely N-dealkylation sites (tertiary alicyclic amines) is 2. The smallest absolute Gasteiger partial charge is 0.407 e. The Hall–Kier alpha value is -6.60. The number of rotatable bonds is 12. The van der Waals surface area contributed by atoms with Crippen LogP contribution in [0.5, 0.6) is 0 Å². The molecule has 71 heavy (non-hydrogen) atoms. The first-order valence-electron chi connectivity index (χ1n) is 24.6. The van der Waals surface area contributed by atoms with Crippen LogP contribution in [0.3, 0.4) is 0 Å². The zero-order valence-corrected chi connectivity index (χ0v) is 40.8. The van der Waals surface area contributed by atoms with Gasteiger partial charge in [-0.3, -0.25) is 9.59 Å². The zero-order valence-electron chi connectivity index (χ0n) is 40.8. The van der Waals surface area contributed by atoms with Crippen LogP contribution in [-0.4, -0.2) is 119 Å². The van der Waals surface area contributed by atoms with Crippen LogP contribution >= 0.6 is 0 Å². The van der Waals surface area contributed by atoms with E-state index in [-0.39, 0.29) is 55.5 Å². The minimum Gasteiger partial charge on any atom is -0.453 e. The van der Waals surface area contributed by atoms with E-state index in [0.717, 1.165) is 30.4 Å². The van der Waals surface area contributed by atoms with Gasteiger partial charge in [0.15, 0.2) is 11.6 Å². The highest BCUT2D eigenvalue weighted by atomic mass is 19.1. The third-order valence-corrected chi connectivity index (χ3v) is 14.7.